The van der Waals surface area contributed by atoms with Crippen molar-refractivity contribution in [2.45, 2.75) is 32.9 Å². The molecule has 0 unspecified atom stereocenters. The van der Waals surface area contributed by atoms with Crippen LogP contribution in [0.25, 0.3) is 10.9 Å². The smallest absolute Gasteiger partial charge is 0.262 e. The van der Waals surface area contributed by atoms with Crippen molar-refractivity contribution in [1.29, 1.82) is 0 Å². The maximum absolute atomic E-state index is 12.8. The summed E-state index contributed by atoms with van der Waals surface area (Å²) in [6.07, 6.45) is 3.53. The van der Waals surface area contributed by atoms with E-state index in [1.54, 1.807) is 0 Å². The number of fused-ring (bicyclic) bond motifs is 1. The quantitative estimate of drug-likeness (QED) is 0.723. The molecule has 1 aromatic heterocycles. The summed E-state index contributed by atoms with van der Waals surface area (Å²) < 4.78 is 1.82. The van der Waals surface area contributed by atoms with Gasteiger partial charge >= 0.3 is 0 Å². The zero-order valence-corrected chi connectivity index (χ0v) is 15.3. The summed E-state index contributed by atoms with van der Waals surface area (Å²) in [4.78, 5) is 19.8. The van der Waals surface area contributed by atoms with Crippen LogP contribution in [0.15, 0.2) is 59.4 Å². The second-order valence-electron chi connectivity index (χ2n) is 7.30. The van der Waals surface area contributed by atoms with E-state index in [4.69, 9.17) is 0 Å². The Hall–Kier alpha value is -2.46. The first-order valence-corrected chi connectivity index (χ1v) is 9.43. The van der Waals surface area contributed by atoms with Crippen molar-refractivity contribution < 1.29 is 0 Å². The molecule has 0 aliphatic carbocycles. The van der Waals surface area contributed by atoms with Crippen molar-refractivity contribution in [1.82, 2.24) is 14.5 Å². The zero-order valence-electron chi connectivity index (χ0n) is 15.3. The van der Waals surface area contributed by atoms with Crippen molar-refractivity contribution in [3.63, 3.8) is 0 Å². The van der Waals surface area contributed by atoms with E-state index in [-0.39, 0.29) is 5.56 Å². The van der Waals surface area contributed by atoms with Crippen LogP contribution < -0.4 is 5.56 Å². The van der Waals surface area contributed by atoms with Crippen LogP contribution in [0.3, 0.4) is 0 Å². The molecule has 26 heavy (non-hydrogen) atoms. The summed E-state index contributed by atoms with van der Waals surface area (Å²) >= 11 is 0. The van der Waals surface area contributed by atoms with E-state index >= 15 is 0 Å². The molecule has 0 atom stereocenters. The molecular weight excluding hydrogens is 322 g/mol. The Bertz CT molecular complexity index is 941. The van der Waals surface area contributed by atoms with Crippen LogP contribution in [-0.2, 0) is 13.1 Å². The summed E-state index contributed by atoms with van der Waals surface area (Å²) in [6, 6.07) is 18.3. The van der Waals surface area contributed by atoms with Crippen molar-refractivity contribution in [3.05, 3.63) is 76.3 Å². The Balaban J connectivity index is 1.43. The van der Waals surface area contributed by atoms with Gasteiger partial charge in [0.25, 0.3) is 5.56 Å². The van der Waals surface area contributed by atoms with E-state index in [9.17, 15) is 4.79 Å². The highest BCUT2D eigenvalue weighted by Gasteiger charge is 2.20. The van der Waals surface area contributed by atoms with Crippen LogP contribution in [-0.4, -0.2) is 27.5 Å². The number of aryl methyl sites for hydroxylation is 1. The molecule has 2 aromatic carbocycles. The molecule has 3 aromatic rings. The van der Waals surface area contributed by atoms with E-state index in [1.807, 2.05) is 35.8 Å². The first-order chi connectivity index (χ1) is 12.7. The molecule has 1 aliphatic rings. The average molecular weight is 347 g/mol. The van der Waals surface area contributed by atoms with Crippen LogP contribution in [0.2, 0.25) is 0 Å². The molecule has 1 aliphatic heterocycles. The third-order valence-corrected chi connectivity index (χ3v) is 5.47. The van der Waals surface area contributed by atoms with Gasteiger partial charge in [-0.05, 0) is 49.8 Å². The Morgan fingerprint density at radius 2 is 1.69 bits per heavy atom. The molecule has 0 saturated carbocycles. The fourth-order valence-corrected chi connectivity index (χ4v) is 3.92. The van der Waals surface area contributed by atoms with Gasteiger partial charge in [-0.1, -0.05) is 42.5 Å². The summed E-state index contributed by atoms with van der Waals surface area (Å²) in [7, 11) is 0. The molecule has 1 saturated heterocycles. The lowest BCUT2D eigenvalue weighted by Crippen LogP contribution is -2.39. The first-order valence-electron chi connectivity index (χ1n) is 9.43. The number of piperidine rings is 1. The Labute approximate surface area is 154 Å². The standard InChI is InChI=1S/C22H25N3O/c1-17-23-21-10-6-5-9-20(21)22(26)25(17)16-24-13-11-19(12-14-24)15-18-7-3-2-4-8-18/h2-10,19H,11-16H2,1H3. The molecule has 4 nitrogen and oxygen atoms in total. The lowest BCUT2D eigenvalue weighted by molar-refractivity contribution is 0.144. The summed E-state index contributed by atoms with van der Waals surface area (Å²) in [6.45, 7) is 4.64. The van der Waals surface area contributed by atoms with E-state index in [1.165, 1.54) is 18.4 Å². The highest BCUT2D eigenvalue weighted by Crippen LogP contribution is 2.22. The van der Waals surface area contributed by atoms with E-state index in [0.29, 0.717) is 12.1 Å². The van der Waals surface area contributed by atoms with Gasteiger partial charge in [-0.2, -0.15) is 0 Å². The summed E-state index contributed by atoms with van der Waals surface area (Å²) in [5.41, 5.74) is 2.28. The van der Waals surface area contributed by atoms with Crippen molar-refractivity contribution in [2.24, 2.45) is 5.92 Å². The minimum atomic E-state index is 0.0690. The molecule has 0 bridgehead atoms. The van der Waals surface area contributed by atoms with E-state index in [2.05, 4.69) is 40.2 Å². The van der Waals surface area contributed by atoms with Gasteiger partial charge in [0.2, 0.25) is 0 Å². The summed E-state index contributed by atoms with van der Waals surface area (Å²) in [5, 5.41) is 0.706. The number of para-hydroxylation sites is 1. The van der Waals surface area contributed by atoms with Gasteiger partial charge in [0.1, 0.15) is 5.82 Å². The Morgan fingerprint density at radius 3 is 2.46 bits per heavy atom. The van der Waals surface area contributed by atoms with Gasteiger partial charge in [0.15, 0.2) is 0 Å². The predicted octanol–water partition coefficient (Wildman–Crippen LogP) is 3.62. The van der Waals surface area contributed by atoms with Crippen molar-refractivity contribution in [3.8, 4) is 0 Å². The lowest BCUT2D eigenvalue weighted by Gasteiger charge is -2.32. The van der Waals surface area contributed by atoms with Crippen LogP contribution >= 0.6 is 0 Å². The maximum Gasteiger partial charge on any atom is 0.262 e. The Morgan fingerprint density at radius 1 is 1.00 bits per heavy atom. The molecule has 1 fully saturated rings. The minimum Gasteiger partial charge on any atom is -0.286 e. The second kappa shape index (κ2) is 7.42. The van der Waals surface area contributed by atoms with Gasteiger partial charge < -0.3 is 0 Å². The minimum absolute atomic E-state index is 0.0690. The average Bonchev–Trinajstić information content (AvgIpc) is 2.67. The molecule has 4 heteroatoms. The number of likely N-dealkylation sites (tertiary alicyclic amines) is 1. The third kappa shape index (κ3) is 3.56. The fourth-order valence-electron chi connectivity index (χ4n) is 3.92. The van der Waals surface area contributed by atoms with Crippen molar-refractivity contribution >= 4 is 10.9 Å². The SMILES string of the molecule is Cc1nc2ccccc2c(=O)n1CN1CCC(Cc2ccccc2)CC1. The molecule has 0 radical (unpaired) electrons. The second-order valence-corrected chi connectivity index (χ2v) is 7.30. The highest BCUT2D eigenvalue weighted by molar-refractivity contribution is 5.77. The van der Waals surface area contributed by atoms with Crippen LogP contribution in [0.5, 0.6) is 0 Å². The topological polar surface area (TPSA) is 38.1 Å². The molecule has 0 amide bonds. The van der Waals surface area contributed by atoms with Gasteiger partial charge in [-0.15, -0.1) is 0 Å². The first kappa shape index (κ1) is 17.0. The largest absolute Gasteiger partial charge is 0.286 e. The van der Waals surface area contributed by atoms with Crippen molar-refractivity contribution in [2.75, 3.05) is 13.1 Å². The van der Waals surface area contributed by atoms with E-state index in [0.717, 1.165) is 36.8 Å². The van der Waals surface area contributed by atoms with Crippen LogP contribution in [0, 0.1) is 12.8 Å². The van der Waals surface area contributed by atoms with Gasteiger partial charge in [-0.3, -0.25) is 14.3 Å². The summed E-state index contributed by atoms with van der Waals surface area (Å²) in [5.74, 6) is 1.53. The number of nitrogens with zero attached hydrogens (tertiary/aromatic N) is 3. The molecule has 2 heterocycles. The predicted molar refractivity (Wildman–Crippen MR) is 105 cm³/mol. The van der Waals surface area contributed by atoms with Gasteiger partial charge in [0, 0.05) is 13.1 Å². The normalized spacial score (nSPS) is 16.2. The Kier molecular flexibility index (Phi) is 4.85. The lowest BCUT2D eigenvalue weighted by atomic mass is 9.90. The number of rotatable bonds is 4. The van der Waals surface area contributed by atoms with Crippen LogP contribution in [0.4, 0.5) is 0 Å². The molecule has 0 spiro atoms. The highest BCUT2D eigenvalue weighted by atomic mass is 16.1. The molecule has 0 N–H and O–H groups in total. The van der Waals surface area contributed by atoms with Gasteiger partial charge in [0.05, 0.1) is 17.6 Å². The number of hydrogen-bond acceptors (Lipinski definition) is 3. The van der Waals surface area contributed by atoms with E-state index < -0.39 is 0 Å². The number of hydrogen-bond donors (Lipinski definition) is 0. The monoisotopic (exact) mass is 347 g/mol. The molecule has 134 valence electrons. The third-order valence-electron chi connectivity index (χ3n) is 5.47. The van der Waals surface area contributed by atoms with Crippen LogP contribution in [0.1, 0.15) is 24.2 Å². The molecule has 4 rings (SSSR count). The maximum atomic E-state index is 12.8. The number of benzene rings is 2. The molecular formula is C22H25N3O. The fraction of sp³-hybridized carbons (Fsp3) is 0.364. The number of aromatic nitrogens is 2. The van der Waals surface area contributed by atoms with Gasteiger partial charge in [-0.25, -0.2) is 4.98 Å². The zero-order chi connectivity index (χ0) is 17.9.